The summed E-state index contributed by atoms with van der Waals surface area (Å²) in [6, 6.07) is 6.78. The molecule has 156 valence electrons. The first-order valence-corrected chi connectivity index (χ1v) is 10.5. The molecule has 0 aromatic heterocycles. The van der Waals surface area contributed by atoms with Crippen molar-refractivity contribution in [1.29, 1.82) is 0 Å². The summed E-state index contributed by atoms with van der Waals surface area (Å²) in [6.07, 6.45) is 4.27. The first kappa shape index (κ1) is 19.1. The van der Waals surface area contributed by atoms with Crippen LogP contribution < -0.4 is 15.4 Å². The lowest BCUT2D eigenvalue weighted by Gasteiger charge is -2.16. The fourth-order valence-electron chi connectivity index (χ4n) is 4.04. The molecule has 0 radical (unpaired) electrons. The Morgan fingerprint density at radius 3 is 2.67 bits per heavy atom. The number of hydrogen-bond donors (Lipinski definition) is 2. The largest absolute Gasteiger partial charge is 0.490 e. The van der Waals surface area contributed by atoms with Gasteiger partial charge in [0.05, 0.1) is 16.7 Å². The molecule has 6 heteroatoms. The van der Waals surface area contributed by atoms with E-state index >= 15 is 0 Å². The molecule has 0 atom stereocenters. The molecule has 1 heterocycles. The summed E-state index contributed by atoms with van der Waals surface area (Å²) in [5, 5.41) is 5.92. The van der Waals surface area contributed by atoms with Gasteiger partial charge in [0.25, 0.3) is 11.8 Å². The molecule has 2 aliphatic carbocycles. The highest BCUT2D eigenvalue weighted by atomic mass is 19.1. The molecule has 1 aliphatic heterocycles. The molecule has 2 N–H and O–H groups in total. The van der Waals surface area contributed by atoms with Gasteiger partial charge in [-0.25, -0.2) is 4.39 Å². The van der Waals surface area contributed by atoms with Crippen molar-refractivity contribution in [3.63, 3.8) is 0 Å². The van der Waals surface area contributed by atoms with Gasteiger partial charge in [0.2, 0.25) is 0 Å². The molecular formula is C24H25FN2O3. The van der Waals surface area contributed by atoms with Gasteiger partial charge in [-0.1, -0.05) is 6.07 Å². The molecule has 2 aromatic rings. The SMILES string of the molecule is Cc1c(Cc2ccc(C(=O)NC3CC3)c(F)c2)cc2c(c1C)OCC1(CC1)NC2=O. The van der Waals surface area contributed by atoms with Crippen LogP contribution in [-0.4, -0.2) is 30.0 Å². The smallest absolute Gasteiger partial charge is 0.255 e. The van der Waals surface area contributed by atoms with E-state index in [-0.39, 0.29) is 29.0 Å². The Hall–Kier alpha value is -2.89. The fourth-order valence-corrected chi connectivity index (χ4v) is 4.04. The van der Waals surface area contributed by atoms with E-state index in [0.29, 0.717) is 24.3 Å². The Bertz CT molecular complexity index is 1070. The van der Waals surface area contributed by atoms with Crippen LogP contribution in [0.4, 0.5) is 4.39 Å². The van der Waals surface area contributed by atoms with Crippen LogP contribution in [-0.2, 0) is 6.42 Å². The van der Waals surface area contributed by atoms with Gasteiger partial charge in [-0.15, -0.1) is 0 Å². The monoisotopic (exact) mass is 408 g/mol. The van der Waals surface area contributed by atoms with Gasteiger partial charge in [0.1, 0.15) is 18.2 Å². The van der Waals surface area contributed by atoms with Crippen molar-refractivity contribution >= 4 is 11.8 Å². The number of halogens is 1. The molecule has 0 unspecified atom stereocenters. The van der Waals surface area contributed by atoms with E-state index in [9.17, 15) is 14.0 Å². The molecule has 2 fully saturated rings. The van der Waals surface area contributed by atoms with Crippen LogP contribution in [0.3, 0.4) is 0 Å². The second-order valence-electron chi connectivity index (χ2n) is 8.92. The molecule has 2 aromatic carbocycles. The van der Waals surface area contributed by atoms with E-state index < -0.39 is 5.82 Å². The van der Waals surface area contributed by atoms with Crippen molar-refractivity contribution in [3.05, 3.63) is 63.5 Å². The molecular weight excluding hydrogens is 383 g/mol. The summed E-state index contributed by atoms with van der Waals surface area (Å²) in [7, 11) is 0. The van der Waals surface area contributed by atoms with Crippen LogP contribution in [0.5, 0.6) is 5.75 Å². The van der Waals surface area contributed by atoms with Gasteiger partial charge < -0.3 is 15.4 Å². The normalized spacial score (nSPS) is 18.8. The summed E-state index contributed by atoms with van der Waals surface area (Å²) in [5.41, 5.74) is 4.08. The highest BCUT2D eigenvalue weighted by Crippen LogP contribution is 2.41. The molecule has 3 aliphatic rings. The molecule has 2 saturated carbocycles. The van der Waals surface area contributed by atoms with E-state index in [0.717, 1.165) is 47.9 Å². The number of nitrogens with one attached hydrogen (secondary N) is 2. The third kappa shape index (κ3) is 3.44. The molecule has 2 amide bonds. The number of fused-ring (bicyclic) bond motifs is 1. The van der Waals surface area contributed by atoms with E-state index in [1.807, 2.05) is 19.9 Å². The average Bonchev–Trinajstić information content (AvgIpc) is 3.62. The van der Waals surface area contributed by atoms with Crippen LogP contribution in [0.1, 0.15) is 68.7 Å². The number of carbonyl (C=O) groups is 2. The van der Waals surface area contributed by atoms with Crippen molar-refractivity contribution in [3.8, 4) is 5.75 Å². The summed E-state index contributed by atoms with van der Waals surface area (Å²) in [6.45, 7) is 4.46. The van der Waals surface area contributed by atoms with Gasteiger partial charge in [-0.2, -0.15) is 0 Å². The number of benzene rings is 2. The van der Waals surface area contributed by atoms with Gasteiger partial charge in [-0.3, -0.25) is 9.59 Å². The molecule has 5 rings (SSSR count). The Labute approximate surface area is 175 Å². The van der Waals surface area contributed by atoms with E-state index in [1.54, 1.807) is 12.1 Å². The minimum Gasteiger partial charge on any atom is -0.490 e. The van der Waals surface area contributed by atoms with Crippen molar-refractivity contribution in [2.24, 2.45) is 0 Å². The summed E-state index contributed by atoms with van der Waals surface area (Å²) < 4.78 is 20.6. The van der Waals surface area contributed by atoms with E-state index in [1.165, 1.54) is 6.07 Å². The van der Waals surface area contributed by atoms with Crippen LogP contribution in [0.15, 0.2) is 24.3 Å². The number of carbonyl (C=O) groups excluding carboxylic acids is 2. The number of amides is 2. The first-order valence-electron chi connectivity index (χ1n) is 10.5. The highest BCUT2D eigenvalue weighted by Gasteiger charge is 2.47. The van der Waals surface area contributed by atoms with Crippen molar-refractivity contribution in [1.82, 2.24) is 10.6 Å². The van der Waals surface area contributed by atoms with Crippen LogP contribution >= 0.6 is 0 Å². The minimum atomic E-state index is -0.522. The number of ether oxygens (including phenoxy) is 1. The quantitative estimate of drug-likeness (QED) is 0.813. The standard InChI is InChI=1S/C24H25FN2O3/c1-13-14(2)21-19(23(29)27-24(7-8-24)12-30-21)11-16(13)9-15-3-6-18(20(25)10-15)22(28)26-17-4-5-17/h3,6,10-11,17H,4-5,7-9,12H2,1-2H3,(H,26,28)(H,27,29). The molecule has 30 heavy (non-hydrogen) atoms. The molecule has 0 saturated heterocycles. The Morgan fingerprint density at radius 2 is 2.00 bits per heavy atom. The summed E-state index contributed by atoms with van der Waals surface area (Å²) in [4.78, 5) is 25.0. The van der Waals surface area contributed by atoms with Gasteiger partial charge in [0, 0.05) is 6.04 Å². The molecule has 5 nitrogen and oxygen atoms in total. The lowest BCUT2D eigenvalue weighted by molar-refractivity contribution is 0.0928. The number of rotatable bonds is 4. The predicted octanol–water partition coefficient (Wildman–Crippen LogP) is 3.58. The third-order valence-corrected chi connectivity index (χ3v) is 6.50. The maximum Gasteiger partial charge on any atom is 0.255 e. The van der Waals surface area contributed by atoms with Gasteiger partial charge >= 0.3 is 0 Å². The molecule has 1 spiro atoms. The maximum absolute atomic E-state index is 14.6. The topological polar surface area (TPSA) is 67.4 Å². The minimum absolute atomic E-state index is 0.0722. The highest BCUT2D eigenvalue weighted by molar-refractivity contribution is 5.99. The Kier molecular flexibility index (Phi) is 4.34. The van der Waals surface area contributed by atoms with Crippen LogP contribution in [0, 0.1) is 19.7 Å². The van der Waals surface area contributed by atoms with Crippen molar-refractivity contribution in [2.45, 2.75) is 57.5 Å². The third-order valence-electron chi connectivity index (χ3n) is 6.50. The predicted molar refractivity (Wildman–Crippen MR) is 111 cm³/mol. The Balaban J connectivity index is 1.42. The van der Waals surface area contributed by atoms with Crippen molar-refractivity contribution < 1.29 is 18.7 Å². The lowest BCUT2D eigenvalue weighted by atomic mass is 9.93. The first-order chi connectivity index (χ1) is 14.3. The zero-order chi connectivity index (χ0) is 21.0. The lowest BCUT2D eigenvalue weighted by Crippen LogP contribution is -2.38. The zero-order valence-electron chi connectivity index (χ0n) is 17.2. The zero-order valence-corrected chi connectivity index (χ0v) is 17.2. The van der Waals surface area contributed by atoms with Crippen LogP contribution in [0.2, 0.25) is 0 Å². The number of hydrogen-bond acceptors (Lipinski definition) is 3. The van der Waals surface area contributed by atoms with Crippen molar-refractivity contribution in [2.75, 3.05) is 6.61 Å². The van der Waals surface area contributed by atoms with Crippen LogP contribution in [0.25, 0.3) is 0 Å². The molecule has 0 bridgehead atoms. The average molecular weight is 408 g/mol. The van der Waals surface area contributed by atoms with Gasteiger partial charge in [0.15, 0.2) is 0 Å². The maximum atomic E-state index is 14.6. The van der Waals surface area contributed by atoms with E-state index in [4.69, 9.17) is 4.74 Å². The fraction of sp³-hybridized carbons (Fsp3) is 0.417. The van der Waals surface area contributed by atoms with Gasteiger partial charge in [-0.05, 0) is 86.4 Å². The summed E-state index contributed by atoms with van der Waals surface area (Å²) >= 11 is 0. The second-order valence-corrected chi connectivity index (χ2v) is 8.92. The van der Waals surface area contributed by atoms with E-state index in [2.05, 4.69) is 10.6 Å². The Morgan fingerprint density at radius 1 is 1.23 bits per heavy atom. The summed E-state index contributed by atoms with van der Waals surface area (Å²) in [5.74, 6) is -0.341. The second kappa shape index (κ2) is 6.83.